The highest BCUT2D eigenvalue weighted by atomic mass is 19.1. The molecule has 4 nitrogen and oxygen atoms in total. The molecule has 0 fully saturated rings. The minimum Gasteiger partial charge on any atom is -0.454 e. The molecule has 2 aromatic rings. The molecule has 0 bridgehead atoms. The quantitative estimate of drug-likeness (QED) is 0.814. The van der Waals surface area contributed by atoms with E-state index in [4.69, 9.17) is 9.47 Å². The highest BCUT2D eigenvalue weighted by Gasteiger charge is 2.14. The van der Waals surface area contributed by atoms with E-state index in [1.807, 2.05) is 18.2 Å². The molecule has 1 aliphatic rings. The monoisotopic (exact) mass is 313 g/mol. The Morgan fingerprint density at radius 1 is 1.17 bits per heavy atom. The number of benzene rings is 2. The minimum atomic E-state index is -0.298. The summed E-state index contributed by atoms with van der Waals surface area (Å²) in [4.78, 5) is 13.7. The van der Waals surface area contributed by atoms with Gasteiger partial charge in [-0.3, -0.25) is 4.79 Å². The number of amides is 1. The first kappa shape index (κ1) is 15.1. The fourth-order valence-corrected chi connectivity index (χ4v) is 2.26. The maximum absolute atomic E-state index is 12.8. The molecule has 118 valence electrons. The van der Waals surface area contributed by atoms with Crippen LogP contribution in [0.25, 0.3) is 6.08 Å². The van der Waals surface area contributed by atoms with Gasteiger partial charge in [-0.05, 0) is 41.5 Å². The normalized spacial score (nSPS) is 12.6. The van der Waals surface area contributed by atoms with Crippen molar-refractivity contribution >= 4 is 12.0 Å². The fourth-order valence-electron chi connectivity index (χ4n) is 2.26. The first-order valence-electron chi connectivity index (χ1n) is 7.19. The van der Waals surface area contributed by atoms with E-state index in [0.717, 1.165) is 16.9 Å². The maximum atomic E-state index is 12.8. The van der Waals surface area contributed by atoms with Crippen LogP contribution in [-0.2, 0) is 11.3 Å². The van der Waals surface area contributed by atoms with Gasteiger partial charge in [-0.15, -0.1) is 0 Å². The molecular formula is C18H16FNO3. The summed E-state index contributed by atoms with van der Waals surface area (Å²) in [5.74, 6) is 0.990. The Morgan fingerprint density at radius 3 is 2.70 bits per heavy atom. The van der Waals surface area contributed by atoms with E-state index in [0.29, 0.717) is 12.3 Å². The zero-order valence-electron chi connectivity index (χ0n) is 12.7. The molecule has 0 saturated carbocycles. The summed E-state index contributed by atoms with van der Waals surface area (Å²) in [7, 11) is 1.72. The third kappa shape index (κ3) is 3.69. The first-order valence-corrected chi connectivity index (χ1v) is 7.19. The smallest absolute Gasteiger partial charge is 0.246 e. The van der Waals surface area contributed by atoms with E-state index in [-0.39, 0.29) is 18.5 Å². The van der Waals surface area contributed by atoms with Crippen LogP contribution in [0.2, 0.25) is 0 Å². The fraction of sp³-hybridized carbons (Fsp3) is 0.167. The Bertz CT molecular complexity index is 740. The van der Waals surface area contributed by atoms with Gasteiger partial charge < -0.3 is 14.4 Å². The van der Waals surface area contributed by atoms with Crippen molar-refractivity contribution in [2.45, 2.75) is 6.54 Å². The number of likely N-dealkylation sites (N-methyl/N-ethyl adjacent to an activating group) is 1. The molecule has 5 heteroatoms. The maximum Gasteiger partial charge on any atom is 0.246 e. The number of carbonyl (C=O) groups excluding carboxylic acids is 1. The van der Waals surface area contributed by atoms with Crippen molar-refractivity contribution in [3.8, 4) is 11.5 Å². The molecule has 0 unspecified atom stereocenters. The van der Waals surface area contributed by atoms with E-state index in [9.17, 15) is 9.18 Å². The number of hydrogen-bond acceptors (Lipinski definition) is 3. The molecule has 23 heavy (non-hydrogen) atoms. The predicted molar refractivity (Wildman–Crippen MR) is 84.5 cm³/mol. The summed E-state index contributed by atoms with van der Waals surface area (Å²) in [5, 5.41) is 0. The van der Waals surface area contributed by atoms with Crippen LogP contribution in [0.3, 0.4) is 0 Å². The molecule has 0 aromatic heterocycles. The standard InChI is InChI=1S/C18H16FNO3/c1-20(11-14-4-8-16-17(10-14)23-12-22-16)18(21)9-5-13-2-6-15(19)7-3-13/h2-10H,11-12H2,1H3/b9-5+. The van der Waals surface area contributed by atoms with Crippen LogP contribution in [0.1, 0.15) is 11.1 Å². The molecule has 0 N–H and O–H groups in total. The average molecular weight is 313 g/mol. The van der Waals surface area contributed by atoms with Gasteiger partial charge in [0.05, 0.1) is 0 Å². The average Bonchev–Trinajstić information content (AvgIpc) is 3.01. The van der Waals surface area contributed by atoms with Gasteiger partial charge in [-0.1, -0.05) is 18.2 Å². The van der Waals surface area contributed by atoms with Gasteiger partial charge in [0.2, 0.25) is 12.7 Å². The third-order valence-corrected chi connectivity index (χ3v) is 3.52. The topological polar surface area (TPSA) is 38.8 Å². The second-order valence-corrected chi connectivity index (χ2v) is 5.27. The van der Waals surface area contributed by atoms with Gasteiger partial charge in [0.25, 0.3) is 0 Å². The molecule has 1 aliphatic heterocycles. The summed E-state index contributed by atoms with van der Waals surface area (Å²) in [6.07, 6.45) is 3.14. The highest BCUT2D eigenvalue weighted by molar-refractivity contribution is 5.91. The minimum absolute atomic E-state index is 0.132. The first-order chi connectivity index (χ1) is 11.1. The van der Waals surface area contributed by atoms with Crippen molar-refractivity contribution in [3.63, 3.8) is 0 Å². The van der Waals surface area contributed by atoms with Gasteiger partial charge in [-0.25, -0.2) is 4.39 Å². The lowest BCUT2D eigenvalue weighted by Crippen LogP contribution is -2.24. The number of ether oxygens (including phenoxy) is 2. The molecule has 0 saturated heterocycles. The van der Waals surface area contributed by atoms with E-state index < -0.39 is 0 Å². The summed E-state index contributed by atoms with van der Waals surface area (Å²) < 4.78 is 23.4. The van der Waals surface area contributed by atoms with Crippen molar-refractivity contribution in [2.75, 3.05) is 13.8 Å². The molecule has 3 rings (SSSR count). The molecule has 1 heterocycles. The summed E-state index contributed by atoms with van der Waals surface area (Å²) in [6, 6.07) is 11.6. The zero-order valence-corrected chi connectivity index (χ0v) is 12.7. The lowest BCUT2D eigenvalue weighted by atomic mass is 10.2. The Kier molecular flexibility index (Phi) is 4.28. The molecule has 0 aliphatic carbocycles. The molecule has 1 amide bonds. The molecular weight excluding hydrogens is 297 g/mol. The Hall–Kier alpha value is -2.82. The Labute approximate surface area is 133 Å². The number of fused-ring (bicyclic) bond motifs is 1. The second kappa shape index (κ2) is 6.52. The van der Waals surface area contributed by atoms with Crippen LogP contribution in [0.5, 0.6) is 11.5 Å². The number of hydrogen-bond donors (Lipinski definition) is 0. The molecule has 0 radical (unpaired) electrons. The lowest BCUT2D eigenvalue weighted by Gasteiger charge is -2.15. The van der Waals surface area contributed by atoms with E-state index in [1.165, 1.54) is 18.2 Å². The van der Waals surface area contributed by atoms with Crippen LogP contribution >= 0.6 is 0 Å². The van der Waals surface area contributed by atoms with Crippen LogP contribution < -0.4 is 9.47 Å². The lowest BCUT2D eigenvalue weighted by molar-refractivity contribution is -0.125. The van der Waals surface area contributed by atoms with Crippen molar-refractivity contribution in [3.05, 3.63) is 65.5 Å². The van der Waals surface area contributed by atoms with E-state index >= 15 is 0 Å². The molecule has 2 aromatic carbocycles. The number of carbonyl (C=O) groups is 1. The molecule has 0 spiro atoms. The van der Waals surface area contributed by atoms with Gasteiger partial charge in [0, 0.05) is 19.7 Å². The van der Waals surface area contributed by atoms with Crippen molar-refractivity contribution in [1.29, 1.82) is 0 Å². The molecule has 0 atom stereocenters. The van der Waals surface area contributed by atoms with Crippen molar-refractivity contribution < 1.29 is 18.7 Å². The largest absolute Gasteiger partial charge is 0.454 e. The van der Waals surface area contributed by atoms with Gasteiger partial charge in [0.1, 0.15) is 5.82 Å². The van der Waals surface area contributed by atoms with Gasteiger partial charge >= 0.3 is 0 Å². The van der Waals surface area contributed by atoms with E-state index in [1.54, 1.807) is 30.2 Å². The SMILES string of the molecule is CN(Cc1ccc2c(c1)OCO2)C(=O)/C=C/c1ccc(F)cc1. The van der Waals surface area contributed by atoms with Crippen molar-refractivity contribution in [1.82, 2.24) is 4.90 Å². The predicted octanol–water partition coefficient (Wildman–Crippen LogP) is 3.23. The Morgan fingerprint density at radius 2 is 1.91 bits per heavy atom. The zero-order chi connectivity index (χ0) is 16.2. The second-order valence-electron chi connectivity index (χ2n) is 5.27. The van der Waals surface area contributed by atoms with Gasteiger partial charge in [-0.2, -0.15) is 0 Å². The summed E-state index contributed by atoms with van der Waals surface area (Å²) >= 11 is 0. The third-order valence-electron chi connectivity index (χ3n) is 3.52. The van der Waals surface area contributed by atoms with Gasteiger partial charge in [0.15, 0.2) is 11.5 Å². The highest BCUT2D eigenvalue weighted by Crippen LogP contribution is 2.32. The van der Waals surface area contributed by atoms with Crippen LogP contribution in [0, 0.1) is 5.82 Å². The van der Waals surface area contributed by atoms with E-state index in [2.05, 4.69) is 0 Å². The Balaban J connectivity index is 1.62. The number of halogens is 1. The summed E-state index contributed by atoms with van der Waals surface area (Å²) in [6.45, 7) is 0.692. The van der Waals surface area contributed by atoms with Crippen molar-refractivity contribution in [2.24, 2.45) is 0 Å². The van der Waals surface area contributed by atoms with Crippen LogP contribution in [-0.4, -0.2) is 24.6 Å². The van der Waals surface area contributed by atoms with Crippen LogP contribution in [0.4, 0.5) is 4.39 Å². The summed E-state index contributed by atoms with van der Waals surface area (Å²) in [5.41, 5.74) is 1.73. The number of nitrogens with zero attached hydrogens (tertiary/aromatic N) is 1. The number of rotatable bonds is 4. The van der Waals surface area contributed by atoms with Crippen LogP contribution in [0.15, 0.2) is 48.5 Å².